The Labute approximate surface area is 162 Å². The Morgan fingerprint density at radius 1 is 1.19 bits per heavy atom. The predicted molar refractivity (Wildman–Crippen MR) is 106 cm³/mol. The van der Waals surface area contributed by atoms with Crippen LogP contribution in [0.3, 0.4) is 0 Å². The molecule has 0 spiro atoms. The number of carbonyl (C=O) groups is 1. The summed E-state index contributed by atoms with van der Waals surface area (Å²) in [5, 5.41) is 2.08. The molecule has 4 rings (SSSR count). The number of rotatable bonds is 6. The Kier molecular flexibility index (Phi) is 5.41. The molecule has 0 bridgehead atoms. The van der Waals surface area contributed by atoms with Crippen molar-refractivity contribution < 1.29 is 14.3 Å². The van der Waals surface area contributed by atoms with Crippen molar-refractivity contribution >= 4 is 29.0 Å². The van der Waals surface area contributed by atoms with Crippen LogP contribution in [0.4, 0.5) is 0 Å². The van der Waals surface area contributed by atoms with Gasteiger partial charge in [0.25, 0.3) is 0 Å². The van der Waals surface area contributed by atoms with Crippen molar-refractivity contribution in [2.24, 2.45) is 0 Å². The zero-order valence-corrected chi connectivity index (χ0v) is 16.5. The van der Waals surface area contributed by atoms with Crippen molar-refractivity contribution in [1.29, 1.82) is 0 Å². The molecule has 1 aromatic heterocycles. The van der Waals surface area contributed by atoms with Gasteiger partial charge in [0.15, 0.2) is 11.5 Å². The number of carbonyl (C=O) groups excluding carboxylic acids is 1. The number of hydrogen-bond acceptors (Lipinski definition) is 5. The average molecular weight is 390 g/mol. The molecule has 26 heavy (non-hydrogen) atoms. The Morgan fingerprint density at radius 3 is 2.77 bits per heavy atom. The van der Waals surface area contributed by atoms with E-state index in [4.69, 9.17) is 9.47 Å². The number of amides is 1. The maximum Gasteiger partial charge on any atom is 0.234 e. The smallest absolute Gasteiger partial charge is 0.234 e. The molecule has 0 N–H and O–H groups in total. The van der Waals surface area contributed by atoms with E-state index in [2.05, 4.69) is 23.6 Å². The normalized spacial score (nSPS) is 20.7. The third kappa shape index (κ3) is 3.71. The van der Waals surface area contributed by atoms with Crippen LogP contribution in [0.25, 0.3) is 0 Å². The molecule has 2 aliphatic rings. The highest BCUT2D eigenvalue weighted by atomic mass is 32.2. The molecule has 138 valence electrons. The molecule has 2 fully saturated rings. The summed E-state index contributed by atoms with van der Waals surface area (Å²) < 4.78 is 11.7. The van der Waals surface area contributed by atoms with Crippen molar-refractivity contribution in [3.63, 3.8) is 0 Å². The van der Waals surface area contributed by atoms with Crippen LogP contribution in [-0.2, 0) is 11.3 Å². The summed E-state index contributed by atoms with van der Waals surface area (Å²) in [5.74, 6) is 2.29. The van der Waals surface area contributed by atoms with Crippen LogP contribution in [0.2, 0.25) is 0 Å². The van der Waals surface area contributed by atoms with Crippen LogP contribution in [0, 0.1) is 0 Å². The van der Waals surface area contributed by atoms with Gasteiger partial charge in [0.05, 0.1) is 25.5 Å². The van der Waals surface area contributed by atoms with Crippen molar-refractivity contribution in [3.05, 3.63) is 46.2 Å². The zero-order chi connectivity index (χ0) is 17.9. The molecule has 2 heterocycles. The fourth-order valence-electron chi connectivity index (χ4n) is 3.60. The van der Waals surface area contributed by atoms with Gasteiger partial charge in [-0.05, 0) is 54.8 Å². The average Bonchev–Trinajstić information content (AvgIpc) is 3.40. The Morgan fingerprint density at radius 2 is 2.04 bits per heavy atom. The lowest BCUT2D eigenvalue weighted by atomic mass is 10.1. The quantitative estimate of drug-likeness (QED) is 0.708. The lowest BCUT2D eigenvalue weighted by Gasteiger charge is -2.25. The highest BCUT2D eigenvalue weighted by Gasteiger charge is 2.33. The molecule has 6 heteroatoms. The van der Waals surface area contributed by atoms with Crippen molar-refractivity contribution in [3.8, 4) is 11.5 Å². The van der Waals surface area contributed by atoms with Gasteiger partial charge >= 0.3 is 0 Å². The highest BCUT2D eigenvalue weighted by molar-refractivity contribution is 8.00. The van der Waals surface area contributed by atoms with Gasteiger partial charge in [-0.2, -0.15) is 0 Å². The summed E-state index contributed by atoms with van der Waals surface area (Å²) in [6.45, 7) is 0.666. The van der Waals surface area contributed by atoms with Gasteiger partial charge in [0.1, 0.15) is 5.37 Å². The Hall–Kier alpha value is -1.66. The number of thioether (sulfide) groups is 1. The monoisotopic (exact) mass is 389 g/mol. The van der Waals surface area contributed by atoms with Gasteiger partial charge in [0, 0.05) is 4.88 Å². The molecule has 1 atom stereocenters. The second-order valence-electron chi connectivity index (χ2n) is 6.70. The summed E-state index contributed by atoms with van der Waals surface area (Å²) in [6.07, 6.45) is 4.95. The molecule has 1 aliphatic carbocycles. The van der Waals surface area contributed by atoms with Gasteiger partial charge in [-0.1, -0.05) is 12.1 Å². The lowest BCUT2D eigenvalue weighted by Crippen LogP contribution is -2.27. The Bertz CT molecular complexity index is 756. The predicted octanol–water partition coefficient (Wildman–Crippen LogP) is 4.85. The highest BCUT2D eigenvalue weighted by Crippen LogP contribution is 2.43. The molecular weight excluding hydrogens is 366 g/mol. The molecule has 1 amide bonds. The van der Waals surface area contributed by atoms with E-state index in [1.807, 2.05) is 17.0 Å². The molecular formula is C20H23NO3S2. The van der Waals surface area contributed by atoms with E-state index in [1.54, 1.807) is 30.2 Å². The molecule has 0 radical (unpaired) electrons. The second kappa shape index (κ2) is 7.92. The summed E-state index contributed by atoms with van der Waals surface area (Å²) in [6, 6.07) is 10.2. The van der Waals surface area contributed by atoms with E-state index in [-0.39, 0.29) is 17.4 Å². The van der Waals surface area contributed by atoms with Gasteiger partial charge < -0.3 is 14.4 Å². The summed E-state index contributed by atoms with van der Waals surface area (Å²) >= 11 is 3.37. The largest absolute Gasteiger partial charge is 0.493 e. The minimum atomic E-state index is 0.0291. The maximum absolute atomic E-state index is 12.4. The number of thiophene rings is 1. The number of hydrogen-bond donors (Lipinski definition) is 0. The lowest BCUT2D eigenvalue weighted by molar-refractivity contribution is -0.128. The topological polar surface area (TPSA) is 38.8 Å². The summed E-state index contributed by atoms with van der Waals surface area (Å²) in [5.41, 5.74) is 1.10. The third-order valence-corrected chi connectivity index (χ3v) is 7.06. The zero-order valence-electron chi connectivity index (χ0n) is 14.8. The number of methoxy groups -OCH3 is 1. The first-order chi connectivity index (χ1) is 12.7. The number of ether oxygens (including phenoxy) is 2. The minimum absolute atomic E-state index is 0.0291. The van der Waals surface area contributed by atoms with E-state index in [0.717, 1.165) is 29.9 Å². The SMILES string of the molecule is COc1ccc(C2SCC(=O)N2Cc2cccs2)cc1OC1CCCC1. The van der Waals surface area contributed by atoms with Gasteiger partial charge in [-0.25, -0.2) is 0 Å². The van der Waals surface area contributed by atoms with Crippen molar-refractivity contribution in [2.45, 2.75) is 43.7 Å². The van der Waals surface area contributed by atoms with Crippen LogP contribution in [0.1, 0.15) is 41.5 Å². The van der Waals surface area contributed by atoms with Crippen LogP contribution < -0.4 is 9.47 Å². The second-order valence-corrected chi connectivity index (χ2v) is 8.80. The molecule has 4 nitrogen and oxygen atoms in total. The Balaban J connectivity index is 1.58. The molecule has 1 aliphatic heterocycles. The van der Waals surface area contributed by atoms with Gasteiger partial charge in [0.2, 0.25) is 5.91 Å². The summed E-state index contributed by atoms with van der Waals surface area (Å²) in [4.78, 5) is 15.6. The first kappa shape index (κ1) is 17.7. The first-order valence-corrected chi connectivity index (χ1v) is 11.0. The fourth-order valence-corrected chi connectivity index (χ4v) is 5.48. The van der Waals surface area contributed by atoms with Crippen molar-refractivity contribution in [2.75, 3.05) is 12.9 Å². The van der Waals surface area contributed by atoms with Crippen LogP contribution in [0.15, 0.2) is 35.7 Å². The van der Waals surface area contributed by atoms with E-state index in [0.29, 0.717) is 12.3 Å². The van der Waals surface area contributed by atoms with Gasteiger partial charge in [-0.15, -0.1) is 23.1 Å². The van der Waals surface area contributed by atoms with E-state index < -0.39 is 0 Å². The third-order valence-electron chi connectivity index (χ3n) is 4.94. The van der Waals surface area contributed by atoms with Gasteiger partial charge in [-0.3, -0.25) is 4.79 Å². The molecule has 1 saturated heterocycles. The number of benzene rings is 1. The minimum Gasteiger partial charge on any atom is -0.493 e. The van der Waals surface area contributed by atoms with Crippen LogP contribution in [-0.4, -0.2) is 29.8 Å². The number of nitrogens with zero attached hydrogens (tertiary/aromatic N) is 1. The molecule has 2 aromatic rings. The standard InChI is InChI=1S/C20H23NO3S2/c1-23-17-9-8-14(11-18(17)24-15-5-2-3-6-15)20-21(19(22)13-26-20)12-16-7-4-10-25-16/h4,7-11,15,20H,2-3,5-6,12-13H2,1H3. The van der Waals surface area contributed by atoms with E-state index in [1.165, 1.54) is 17.7 Å². The van der Waals surface area contributed by atoms with Crippen molar-refractivity contribution in [1.82, 2.24) is 4.90 Å². The fraction of sp³-hybridized carbons (Fsp3) is 0.450. The van der Waals surface area contributed by atoms with Crippen LogP contribution >= 0.6 is 23.1 Å². The first-order valence-electron chi connectivity index (χ1n) is 9.02. The summed E-state index contributed by atoms with van der Waals surface area (Å²) in [7, 11) is 1.67. The van der Waals surface area contributed by atoms with E-state index >= 15 is 0 Å². The van der Waals surface area contributed by atoms with E-state index in [9.17, 15) is 4.79 Å². The maximum atomic E-state index is 12.4. The molecule has 1 unspecified atom stereocenters. The molecule has 1 aromatic carbocycles. The molecule has 1 saturated carbocycles. The van der Waals surface area contributed by atoms with Crippen LogP contribution in [0.5, 0.6) is 11.5 Å².